The molecule has 3 heterocycles. The Bertz CT molecular complexity index is 4820. The monoisotopic (exact) mass is 2030 g/mol. The molecule has 0 bridgehead atoms. The molecule has 44 nitrogen and oxygen atoms in total. The fourth-order valence-corrected chi connectivity index (χ4v) is 19.1. The number of aliphatic hydroxyl groups excluding tert-OH is 1. The summed E-state index contributed by atoms with van der Waals surface area (Å²) >= 11 is 0. The van der Waals surface area contributed by atoms with E-state index in [9.17, 15) is 106 Å². The zero-order valence-corrected chi connectivity index (χ0v) is 85.3. The maximum atomic E-state index is 15.2. The van der Waals surface area contributed by atoms with Gasteiger partial charge in [0.1, 0.15) is 18.1 Å². The Morgan fingerprint density at radius 2 is 1.00 bits per heavy atom. The molecule has 2 aliphatic heterocycles. The van der Waals surface area contributed by atoms with Crippen LogP contribution in [-0.4, -0.2) is 270 Å². The molecule has 1 aromatic heterocycles. The zero-order valence-electron chi connectivity index (χ0n) is 83.7. The van der Waals surface area contributed by atoms with Gasteiger partial charge in [0.25, 0.3) is 0 Å². The van der Waals surface area contributed by atoms with Crippen LogP contribution >= 0.6 is 21.6 Å². The first-order chi connectivity index (χ1) is 66.6. The van der Waals surface area contributed by atoms with E-state index in [1.165, 1.54) is 46.4 Å². The number of aliphatic hydroxyl groups is 1. The number of nitrogens with one attached hydrogen (secondary N) is 15. The number of fused-ring (bicyclic) bond motifs is 2. The van der Waals surface area contributed by atoms with Crippen LogP contribution in [0.2, 0.25) is 0 Å². The summed E-state index contributed by atoms with van der Waals surface area (Å²) < 4.78 is 0. The van der Waals surface area contributed by atoms with E-state index in [0.717, 1.165) is 35.4 Å². The minimum Gasteiger partial charge on any atom is -0.481 e. The summed E-state index contributed by atoms with van der Waals surface area (Å²) in [5, 5.41) is 78.3. The third kappa shape index (κ3) is 42.6. The normalized spacial score (nSPS) is 25.8. The lowest BCUT2D eigenvalue weighted by molar-refractivity contribution is -0.142. The summed E-state index contributed by atoms with van der Waals surface area (Å²) in [5.74, 6) is -30.8. The summed E-state index contributed by atoms with van der Waals surface area (Å²) in [6, 6.07) is -8.57. The van der Waals surface area contributed by atoms with E-state index in [0.29, 0.717) is 16.5 Å². The van der Waals surface area contributed by atoms with Gasteiger partial charge in [-0.1, -0.05) is 94.7 Å². The minimum atomic E-state index is -1.69. The first kappa shape index (κ1) is 122. The van der Waals surface area contributed by atoms with E-state index >= 15 is 14.4 Å². The van der Waals surface area contributed by atoms with Crippen molar-refractivity contribution in [2.45, 2.75) is 317 Å². The third-order valence-corrected chi connectivity index (χ3v) is 27.8. The van der Waals surface area contributed by atoms with Crippen molar-refractivity contribution in [3.8, 4) is 0 Å². The lowest BCUT2D eigenvalue weighted by Crippen LogP contribution is -2.57. The molecule has 6 unspecified atom stereocenters. The Morgan fingerprint density at radius 1 is 0.514 bits per heavy atom. The number of amides is 12. The number of aliphatic carboxylic acids is 2. The molecule has 24 N–H and O–H groups in total. The molecule has 0 saturated carbocycles. The predicted octanol–water partition coefficient (Wildman–Crippen LogP) is 1.72. The molecular weight excluding hydrogens is 1880 g/mol. The molecule has 2 fully saturated rings. The van der Waals surface area contributed by atoms with Gasteiger partial charge in [-0.3, -0.25) is 116 Å². The summed E-state index contributed by atoms with van der Waals surface area (Å²) in [7, 11) is 1.86. The predicted molar refractivity (Wildman–Crippen MR) is 528 cm³/mol. The zero-order chi connectivity index (χ0) is 107. The molecule has 20 atom stereocenters. The van der Waals surface area contributed by atoms with Gasteiger partial charge >= 0.3 is 11.9 Å². The number of nitrogens with zero attached hydrogens (tertiary/aromatic N) is 1. The molecule has 1 aromatic carbocycles. The molecule has 0 aliphatic carbocycles. The SMILES string of the molecule is CCC(C)[C@@H]1CC(=O)[C@H](C)NC(=O)C(CC(=O)[C@H](C)NC(C)=O)CSSC[C@H](C(=O)NC(C)C(=O)O)CC(=O)C(C)NC(=O)[C@H](CCCNC(=N)N)CC(=O)C(C)NC(=O)[C@H](C)CC(=O)[C@H](CC(C)C)NC(=O)[C@H](Cc2c[nH]c3ccccc23)NC(=O)[C@H](CCC(N)=O)NC(=O)[C@H](CCCNC(=N)N)CC(=O)[C@H](CC(C)C)NC(=O)C([C@@H](C)O)CC(=O)[C@@H]2CCCN2C(=O)CCC(=O)[C@H](CCC(=O)O)NC1=O. The maximum Gasteiger partial charge on any atom is 0.325 e. The highest BCUT2D eigenvalue weighted by molar-refractivity contribution is 8.76. The van der Waals surface area contributed by atoms with E-state index in [1.807, 2.05) is 0 Å². The first-order valence-corrected chi connectivity index (χ1v) is 51.0. The molecule has 12 amide bonds. The highest BCUT2D eigenvalue weighted by Crippen LogP contribution is 2.32. The molecule has 0 spiro atoms. The number of carboxylic acid groups (broad SMARTS) is 2. The van der Waals surface area contributed by atoms with E-state index in [2.05, 4.69) is 68.8 Å². The number of guanidine groups is 2. The van der Waals surface area contributed by atoms with Crippen LogP contribution < -0.4 is 81.0 Å². The lowest BCUT2D eigenvalue weighted by atomic mass is 9.85. The highest BCUT2D eigenvalue weighted by Gasteiger charge is 2.43. The number of ketones is 8. The Kier molecular flexibility index (Phi) is 52.5. The molecule has 0 radical (unpaired) electrons. The number of aromatic nitrogens is 1. The van der Waals surface area contributed by atoms with E-state index in [-0.39, 0.29) is 107 Å². The Morgan fingerprint density at radius 3 is 1.55 bits per heavy atom. The number of hydrogen-bond acceptors (Lipinski definition) is 27. The maximum absolute atomic E-state index is 15.2. The molecule has 46 heteroatoms. The number of primary amides is 1. The number of carbonyl (C=O) groups is 22. The Balaban J connectivity index is 1.88. The van der Waals surface area contributed by atoms with Crippen molar-refractivity contribution < 1.29 is 121 Å². The van der Waals surface area contributed by atoms with Gasteiger partial charge in [-0.2, -0.15) is 0 Å². The van der Waals surface area contributed by atoms with Gasteiger partial charge in [-0.25, -0.2) is 0 Å². The van der Waals surface area contributed by atoms with E-state index < -0.39 is 344 Å². The van der Waals surface area contributed by atoms with Crippen LogP contribution in [0, 0.1) is 70.0 Å². The van der Waals surface area contributed by atoms with Crippen molar-refractivity contribution in [1.29, 1.82) is 10.8 Å². The second-order valence-corrected chi connectivity index (χ2v) is 40.8. The van der Waals surface area contributed by atoms with E-state index in [1.54, 1.807) is 72.0 Å². The smallest absolute Gasteiger partial charge is 0.325 e. The first-order valence-electron chi connectivity index (χ1n) is 48.5. The van der Waals surface area contributed by atoms with Crippen LogP contribution in [0.3, 0.4) is 0 Å². The molecular formula is C96H149N19O25S2. The average molecular weight is 2030 g/mol. The number of rotatable bonds is 30. The van der Waals surface area contributed by atoms with E-state index in [4.69, 9.17) is 28.0 Å². The lowest BCUT2D eigenvalue weighted by Gasteiger charge is -2.29. The number of carbonyl (C=O) groups excluding carboxylic acids is 20. The summed E-state index contributed by atoms with van der Waals surface area (Å²) in [4.78, 5) is 314. The van der Waals surface area contributed by atoms with Gasteiger partial charge in [-0.05, 0) is 135 Å². The fourth-order valence-electron chi connectivity index (χ4n) is 16.5. The number of nitrogens with two attached hydrogens (primary N) is 3. The van der Waals surface area contributed by atoms with Crippen molar-refractivity contribution >= 4 is 174 Å². The number of carboxylic acids is 2. The van der Waals surface area contributed by atoms with Crippen molar-refractivity contribution in [3.05, 3.63) is 36.0 Å². The Hall–Kier alpha value is -12.1. The van der Waals surface area contributed by atoms with Crippen LogP contribution in [-0.2, 0) is 112 Å². The summed E-state index contributed by atoms with van der Waals surface area (Å²) in [5.41, 5.74) is 17.9. The van der Waals surface area contributed by atoms with Crippen molar-refractivity contribution in [3.63, 3.8) is 0 Å². The number of aromatic amines is 1. The average Bonchev–Trinajstić information content (AvgIpc) is 1.67. The molecule has 2 aliphatic rings. The minimum absolute atomic E-state index is 0.00323. The quantitative estimate of drug-likeness (QED) is 0.0229. The molecule has 2 aromatic rings. The third-order valence-electron chi connectivity index (χ3n) is 25.3. The standard InChI is InChI=1S/C96H149N19O25S2/c1-15-50(6)65-43-78(122)55(11)108-88(133)62(41-76(120)52(8)105-58(14)117)46-141-142-47-63(89(134)109-56(12)94(139)140)42-77(121)54(10)107-86(131)59(21-18-32-102-95(98)99)39-75(119)53(9)106-85(130)51(7)37-79(123)70(35-48(2)3)113-93(138)72(38-61-45-104-67-24-17-16-23-64(61)67)114-92(137)69(26-29-82(97)126)111-87(132)60(22-19-33-103-96(100)101)40-80(124)71(36-49(4)5)112-91(136)66(57(13)116)44-81(125)73-25-20-34-115(73)83(127)30-28-74(118)68(110-90(65)135)27-31-84(128)129/h16-17,23-24,45,48-57,59-60,62-63,65-66,68-73,104,116H,15,18-22,25-44,46-47H2,1-14H3,(H2,97,126)(H,105,117)(H,106,130)(H,107,131)(H,108,133)(H,109,134)(H,110,135)(H,111,132)(H,112,136)(H,113,138)(H,114,137)(H,128,129)(H,139,140)(H4,98,99,102)(H4,100,101,103)/t50?,51-,52+,53?,54?,55+,56?,57-,59-,60-,62?,63-,65+,66?,68+,69+,70+,71+,72+,73+/m1/s1. The molecule has 790 valence electrons. The van der Waals surface area contributed by atoms with Crippen molar-refractivity contribution in [1.82, 2.24) is 73.7 Å². The summed E-state index contributed by atoms with van der Waals surface area (Å²) in [6.07, 6.45) is -7.29. The van der Waals surface area contributed by atoms with Crippen LogP contribution in [0.5, 0.6) is 0 Å². The topological polar surface area (TPSA) is 725 Å². The number of hydrogen-bond donors (Lipinski definition) is 21. The van der Waals surface area contributed by atoms with Crippen LogP contribution in [0.4, 0.5) is 0 Å². The Labute approximate surface area is 835 Å². The van der Waals surface area contributed by atoms with Gasteiger partial charge in [0, 0.05) is 156 Å². The van der Waals surface area contributed by atoms with Crippen LogP contribution in [0.25, 0.3) is 10.9 Å². The fraction of sp³-hybridized carbons (Fsp3) is 0.667. The van der Waals surface area contributed by atoms with Crippen molar-refractivity contribution in [2.75, 3.05) is 31.1 Å². The molecule has 2 saturated heterocycles. The van der Waals surface area contributed by atoms with Crippen LogP contribution in [0.1, 0.15) is 244 Å². The van der Waals surface area contributed by atoms with Crippen molar-refractivity contribution in [2.24, 2.45) is 76.4 Å². The van der Waals surface area contributed by atoms with Crippen LogP contribution in [0.15, 0.2) is 30.5 Å². The van der Waals surface area contributed by atoms with Gasteiger partial charge < -0.3 is 106 Å². The second kappa shape index (κ2) is 61.0. The van der Waals surface area contributed by atoms with Gasteiger partial charge in [0.05, 0.1) is 72.2 Å². The number of H-pyrrole nitrogens is 1. The number of Topliss-reactive ketones (excluding diaryl/α,β-unsaturated/α-hetero) is 8. The number of para-hydroxylation sites is 1. The second-order valence-electron chi connectivity index (χ2n) is 38.2. The highest BCUT2D eigenvalue weighted by atomic mass is 33.1. The molecule has 4 rings (SSSR count). The number of benzene rings is 1. The summed E-state index contributed by atoms with van der Waals surface area (Å²) in [6.45, 7) is 20.6. The largest absolute Gasteiger partial charge is 0.481 e. The van der Waals surface area contributed by atoms with Gasteiger partial charge in [0.15, 0.2) is 58.2 Å². The van der Waals surface area contributed by atoms with Gasteiger partial charge in [0.2, 0.25) is 70.9 Å². The van der Waals surface area contributed by atoms with Gasteiger partial charge in [-0.15, -0.1) is 0 Å². The molecule has 142 heavy (non-hydrogen) atoms.